The molecule has 4 amide bonds. The molecule has 0 radical (unpaired) electrons. The summed E-state index contributed by atoms with van der Waals surface area (Å²) in [5.74, 6) is 0.945. The maximum Gasteiger partial charge on any atom is 0.407 e. The number of carbonyl (C=O) groups excluding carboxylic acids is 4. The molecule has 16 heteroatoms. The van der Waals surface area contributed by atoms with E-state index < -0.39 is 42.4 Å². The molecule has 60 heavy (non-hydrogen) atoms. The topological polar surface area (TPSA) is 184 Å². The van der Waals surface area contributed by atoms with Gasteiger partial charge in [-0.15, -0.1) is 0 Å². The molecule has 0 bridgehead atoms. The van der Waals surface area contributed by atoms with Crippen molar-refractivity contribution < 1.29 is 37.8 Å². The minimum Gasteiger partial charge on any atom is -0.488 e. The lowest BCUT2D eigenvalue weighted by Crippen LogP contribution is -2.52. The number of alkyl halides is 1. The van der Waals surface area contributed by atoms with Crippen LogP contribution in [0.25, 0.3) is 44.2 Å². The SMILES string of the molecule is COC(=O)N[C@H](C(=O)N1C[C@@H](F)C[C@H]1c1ncc(-c2ccc3c(c2)COc2cc4c(ccc5[nH]c([C@@H]6CC[C@H](C)N6C(=O)[C@@H](NC(=O)OC)C(C)C)nc54)cc2-3)[nH]1)C(C)C. The first-order chi connectivity index (χ1) is 28.8. The third kappa shape index (κ3) is 7.36. The van der Waals surface area contributed by atoms with E-state index >= 15 is 0 Å². The fourth-order valence-corrected chi connectivity index (χ4v) is 8.93. The molecule has 2 aromatic heterocycles. The molecule has 2 fully saturated rings. The normalized spacial score (nSPS) is 20.8. The first kappa shape index (κ1) is 40.6. The molecule has 2 saturated heterocycles. The van der Waals surface area contributed by atoms with Crippen LogP contribution in [-0.4, -0.2) is 98.8 Å². The number of likely N-dealkylation sites (tertiary alicyclic amines) is 2. The molecule has 8 rings (SSSR count). The van der Waals surface area contributed by atoms with Gasteiger partial charge in [0.25, 0.3) is 0 Å². The van der Waals surface area contributed by atoms with Crippen LogP contribution < -0.4 is 15.4 Å². The quantitative estimate of drug-likeness (QED) is 0.121. The zero-order chi connectivity index (χ0) is 42.6. The fraction of sp³-hybridized carbons (Fsp3) is 0.455. The highest BCUT2D eigenvalue weighted by Crippen LogP contribution is 2.44. The monoisotopic (exact) mass is 822 g/mol. The Labute approximate surface area is 346 Å². The molecule has 0 aliphatic carbocycles. The van der Waals surface area contributed by atoms with Crippen molar-refractivity contribution in [2.45, 2.75) is 96.9 Å². The number of imidazole rings is 2. The number of carbonyl (C=O) groups is 4. The predicted molar refractivity (Wildman–Crippen MR) is 222 cm³/mol. The highest BCUT2D eigenvalue weighted by Gasteiger charge is 2.43. The van der Waals surface area contributed by atoms with Gasteiger partial charge in [-0.25, -0.2) is 23.9 Å². The number of ether oxygens (including phenoxy) is 3. The van der Waals surface area contributed by atoms with Crippen molar-refractivity contribution in [2.24, 2.45) is 11.8 Å². The van der Waals surface area contributed by atoms with Gasteiger partial charge in [0, 0.05) is 23.4 Å². The van der Waals surface area contributed by atoms with Crippen LogP contribution in [0, 0.1) is 11.8 Å². The first-order valence-corrected chi connectivity index (χ1v) is 20.5. The molecule has 4 N–H and O–H groups in total. The Morgan fingerprint density at radius 1 is 0.867 bits per heavy atom. The van der Waals surface area contributed by atoms with Crippen LogP contribution in [0.2, 0.25) is 0 Å². The van der Waals surface area contributed by atoms with Crippen LogP contribution in [0.15, 0.2) is 48.7 Å². The Hall–Kier alpha value is -6.19. The van der Waals surface area contributed by atoms with Crippen LogP contribution in [0.1, 0.15) is 83.2 Å². The minimum atomic E-state index is -1.24. The average Bonchev–Trinajstić information content (AvgIpc) is 4.05. The Morgan fingerprint density at radius 2 is 1.58 bits per heavy atom. The standard InChI is InChI=1S/C44H51FN8O7/c1-21(2)36(50-43(56)58-6)41(54)52-19-27(45)16-34(52)39-46-18-32(48-39)25-9-11-28-26(14-25)20-60-35-17-29-24(15-30(28)35)10-12-31-38(29)49-40(47-31)33-13-8-23(5)53(33)42(55)37(22(3)4)51-44(57)59-7/h9-12,14-15,17-18,21-23,27,33-34,36-37H,8,13,16,19-20H2,1-7H3,(H,46,48)(H,47,49)(H,50,56)(H,51,57)/t23-,27-,33-,34-,36-,37-/m0/s1. The summed E-state index contributed by atoms with van der Waals surface area (Å²) in [6, 6.07) is 11.7. The Morgan fingerprint density at radius 3 is 2.28 bits per heavy atom. The number of nitrogens with zero attached hydrogens (tertiary/aromatic N) is 4. The molecule has 3 aliphatic rings. The van der Waals surface area contributed by atoms with Gasteiger partial charge >= 0.3 is 12.2 Å². The molecular weight excluding hydrogens is 772 g/mol. The van der Waals surface area contributed by atoms with E-state index in [-0.39, 0.29) is 42.8 Å². The van der Waals surface area contributed by atoms with E-state index in [0.717, 1.165) is 62.7 Å². The molecule has 5 heterocycles. The lowest BCUT2D eigenvalue weighted by atomic mass is 9.92. The largest absolute Gasteiger partial charge is 0.488 e. The number of aromatic nitrogens is 4. The van der Waals surface area contributed by atoms with Crippen molar-refractivity contribution >= 4 is 45.8 Å². The number of methoxy groups -OCH3 is 2. The van der Waals surface area contributed by atoms with Crippen molar-refractivity contribution in [3.8, 4) is 28.1 Å². The Balaban J connectivity index is 1.05. The van der Waals surface area contributed by atoms with Crippen molar-refractivity contribution in [3.63, 3.8) is 0 Å². The molecule has 6 atom stereocenters. The smallest absolute Gasteiger partial charge is 0.407 e. The van der Waals surface area contributed by atoms with Crippen LogP contribution in [-0.2, 0) is 25.7 Å². The maximum absolute atomic E-state index is 14.9. The van der Waals surface area contributed by atoms with E-state index in [0.29, 0.717) is 23.9 Å². The predicted octanol–water partition coefficient (Wildman–Crippen LogP) is 7.09. The van der Waals surface area contributed by atoms with Crippen molar-refractivity contribution in [2.75, 3.05) is 20.8 Å². The lowest BCUT2D eigenvalue weighted by Gasteiger charge is -2.32. The van der Waals surface area contributed by atoms with E-state index in [9.17, 15) is 23.6 Å². The van der Waals surface area contributed by atoms with E-state index in [4.69, 9.17) is 19.2 Å². The van der Waals surface area contributed by atoms with Gasteiger partial charge in [-0.3, -0.25) is 9.59 Å². The van der Waals surface area contributed by atoms with Crippen molar-refractivity contribution in [1.82, 2.24) is 40.4 Å². The molecule has 0 saturated carbocycles. The van der Waals surface area contributed by atoms with Crippen molar-refractivity contribution in [1.29, 1.82) is 0 Å². The molecule has 15 nitrogen and oxygen atoms in total. The fourth-order valence-electron chi connectivity index (χ4n) is 8.93. The summed E-state index contributed by atoms with van der Waals surface area (Å²) in [5, 5.41) is 7.23. The second-order valence-corrected chi connectivity index (χ2v) is 16.7. The van der Waals surface area contributed by atoms with Gasteiger partial charge < -0.3 is 44.6 Å². The van der Waals surface area contributed by atoms with Crippen molar-refractivity contribution in [3.05, 3.63) is 65.9 Å². The number of fused-ring (bicyclic) bond motifs is 6. The summed E-state index contributed by atoms with van der Waals surface area (Å²) in [5.41, 5.74) is 6.17. The Kier molecular flexibility index (Phi) is 10.9. The van der Waals surface area contributed by atoms with Gasteiger partial charge in [0.15, 0.2) is 0 Å². The van der Waals surface area contributed by atoms with E-state index in [1.165, 1.54) is 19.1 Å². The molecule has 0 unspecified atom stereocenters. The first-order valence-electron chi connectivity index (χ1n) is 20.5. The zero-order valence-corrected chi connectivity index (χ0v) is 34.8. The number of benzene rings is 3. The summed E-state index contributed by atoms with van der Waals surface area (Å²) in [4.78, 5) is 71.5. The number of hydrogen-bond donors (Lipinski definition) is 4. The van der Waals surface area contributed by atoms with Gasteiger partial charge in [0.05, 0.1) is 55.8 Å². The molecule has 3 aliphatic heterocycles. The number of aromatic amines is 2. The van der Waals surface area contributed by atoms with Crippen LogP contribution in [0.4, 0.5) is 14.0 Å². The summed E-state index contributed by atoms with van der Waals surface area (Å²) in [6.07, 6.45) is 0.707. The molecule has 316 valence electrons. The number of nitrogens with one attached hydrogen (secondary N) is 4. The van der Waals surface area contributed by atoms with E-state index in [2.05, 4.69) is 43.8 Å². The molecule has 0 spiro atoms. The number of halogens is 1. The van der Waals surface area contributed by atoms with Gasteiger partial charge in [-0.1, -0.05) is 45.9 Å². The summed E-state index contributed by atoms with van der Waals surface area (Å²) < 4.78 is 30.8. The average molecular weight is 823 g/mol. The lowest BCUT2D eigenvalue weighted by molar-refractivity contribution is -0.137. The molecule has 3 aromatic carbocycles. The number of rotatable bonds is 9. The second kappa shape index (κ2) is 16.1. The summed E-state index contributed by atoms with van der Waals surface area (Å²) >= 11 is 0. The second-order valence-electron chi connectivity index (χ2n) is 16.7. The highest BCUT2D eigenvalue weighted by molar-refractivity contribution is 6.07. The van der Waals surface area contributed by atoms with Crippen LogP contribution in [0.5, 0.6) is 5.75 Å². The van der Waals surface area contributed by atoms with Gasteiger partial charge in [-0.2, -0.15) is 0 Å². The molecular formula is C44H51FN8O7. The maximum atomic E-state index is 14.9. The molecule has 5 aromatic rings. The minimum absolute atomic E-state index is 0.0391. The zero-order valence-electron chi connectivity index (χ0n) is 34.8. The third-order valence-corrected chi connectivity index (χ3v) is 12.1. The van der Waals surface area contributed by atoms with Gasteiger partial charge in [0.2, 0.25) is 11.8 Å². The van der Waals surface area contributed by atoms with E-state index in [1.54, 1.807) is 6.20 Å². The summed E-state index contributed by atoms with van der Waals surface area (Å²) in [6.45, 7) is 9.67. The third-order valence-electron chi connectivity index (χ3n) is 12.1. The Bertz CT molecular complexity index is 2480. The number of H-pyrrole nitrogens is 2. The van der Waals surface area contributed by atoms with Crippen LogP contribution >= 0.6 is 0 Å². The number of hydrogen-bond acceptors (Lipinski definition) is 9. The number of alkyl carbamates (subject to hydrolysis) is 2. The number of amides is 4. The van der Waals surface area contributed by atoms with Gasteiger partial charge in [-0.05, 0) is 77.9 Å². The van der Waals surface area contributed by atoms with Crippen LogP contribution in [0.3, 0.4) is 0 Å². The van der Waals surface area contributed by atoms with E-state index in [1.807, 2.05) is 63.8 Å². The van der Waals surface area contributed by atoms with Gasteiger partial charge in [0.1, 0.15) is 42.3 Å². The highest BCUT2D eigenvalue weighted by atomic mass is 19.1. The summed E-state index contributed by atoms with van der Waals surface area (Å²) in [7, 11) is 2.52.